The Morgan fingerprint density at radius 2 is 2.00 bits per heavy atom. The molecular formula is C16H18N2O3. The maximum absolute atomic E-state index is 12.0. The lowest BCUT2D eigenvalue weighted by Gasteiger charge is -2.12. The zero-order chi connectivity index (χ0) is 15.2. The number of hydrogen-bond acceptors (Lipinski definition) is 3. The van der Waals surface area contributed by atoms with Gasteiger partial charge in [-0.25, -0.2) is 0 Å². The first-order valence-corrected chi connectivity index (χ1v) is 6.67. The Labute approximate surface area is 123 Å². The van der Waals surface area contributed by atoms with Crippen molar-refractivity contribution < 1.29 is 9.53 Å². The van der Waals surface area contributed by atoms with Gasteiger partial charge in [-0.2, -0.15) is 0 Å². The van der Waals surface area contributed by atoms with Crippen LogP contribution in [0.4, 0.5) is 0 Å². The number of carbonyl (C=O) groups excluding carboxylic acids is 1. The highest BCUT2D eigenvalue weighted by Crippen LogP contribution is 2.09. The second kappa shape index (κ2) is 6.74. The average molecular weight is 286 g/mol. The van der Waals surface area contributed by atoms with Crippen LogP contribution in [0.15, 0.2) is 47.4 Å². The molecule has 0 atom stereocenters. The summed E-state index contributed by atoms with van der Waals surface area (Å²) in [5, 5.41) is 2.67. The summed E-state index contributed by atoms with van der Waals surface area (Å²) in [4.78, 5) is 22.9. The van der Waals surface area contributed by atoms with Crippen molar-refractivity contribution in [2.45, 2.75) is 20.1 Å². The van der Waals surface area contributed by atoms with Crippen LogP contribution in [0.1, 0.15) is 18.2 Å². The van der Waals surface area contributed by atoms with Gasteiger partial charge in [0, 0.05) is 25.7 Å². The second-order valence-electron chi connectivity index (χ2n) is 4.79. The highest BCUT2D eigenvalue weighted by molar-refractivity contribution is 5.72. The molecule has 2 rings (SSSR count). The Balaban J connectivity index is 2.09. The predicted molar refractivity (Wildman–Crippen MR) is 80.0 cm³/mol. The molecule has 0 bridgehead atoms. The standard InChI is InChI=1S/C16H18N2O3/c1-12(19)17-9-14-8-15(20)16(10-18(14)2)21-11-13-6-4-3-5-7-13/h3-8,10H,9,11H2,1-2H3,(H,17,19). The van der Waals surface area contributed by atoms with Gasteiger partial charge in [0.1, 0.15) is 6.61 Å². The topological polar surface area (TPSA) is 60.3 Å². The first-order valence-electron chi connectivity index (χ1n) is 6.67. The highest BCUT2D eigenvalue weighted by atomic mass is 16.5. The van der Waals surface area contributed by atoms with Crippen LogP contribution in [0.3, 0.4) is 0 Å². The Kier molecular flexibility index (Phi) is 4.77. The fraction of sp³-hybridized carbons (Fsp3) is 0.250. The number of aromatic nitrogens is 1. The van der Waals surface area contributed by atoms with Gasteiger partial charge in [0.25, 0.3) is 0 Å². The molecule has 0 aliphatic carbocycles. The predicted octanol–water partition coefficient (Wildman–Crippen LogP) is 1.60. The van der Waals surface area contributed by atoms with E-state index in [4.69, 9.17) is 4.74 Å². The number of pyridine rings is 1. The summed E-state index contributed by atoms with van der Waals surface area (Å²) in [6.45, 7) is 2.11. The molecule has 1 amide bonds. The van der Waals surface area contributed by atoms with Gasteiger partial charge in [-0.1, -0.05) is 30.3 Å². The number of rotatable bonds is 5. The normalized spacial score (nSPS) is 10.2. The summed E-state index contributed by atoms with van der Waals surface area (Å²) < 4.78 is 7.34. The molecule has 21 heavy (non-hydrogen) atoms. The minimum absolute atomic E-state index is 0.133. The maximum Gasteiger partial charge on any atom is 0.223 e. The van der Waals surface area contributed by atoms with Gasteiger partial charge < -0.3 is 14.6 Å². The van der Waals surface area contributed by atoms with Crippen molar-refractivity contribution in [2.75, 3.05) is 0 Å². The van der Waals surface area contributed by atoms with Crippen molar-refractivity contribution >= 4 is 5.91 Å². The van der Waals surface area contributed by atoms with Crippen molar-refractivity contribution in [3.8, 4) is 5.75 Å². The van der Waals surface area contributed by atoms with Gasteiger partial charge in [0.2, 0.25) is 11.3 Å². The molecule has 0 saturated carbocycles. The fourth-order valence-corrected chi connectivity index (χ4v) is 1.88. The molecule has 0 radical (unpaired) electrons. The lowest BCUT2D eigenvalue weighted by Crippen LogP contribution is -2.23. The van der Waals surface area contributed by atoms with Gasteiger partial charge in [-0.05, 0) is 5.56 Å². The molecule has 5 heteroatoms. The molecule has 0 unspecified atom stereocenters. The van der Waals surface area contributed by atoms with E-state index in [0.717, 1.165) is 11.3 Å². The van der Waals surface area contributed by atoms with Crippen LogP contribution in [-0.2, 0) is 25.0 Å². The number of carbonyl (C=O) groups is 1. The van der Waals surface area contributed by atoms with Crippen molar-refractivity contribution in [1.29, 1.82) is 0 Å². The van der Waals surface area contributed by atoms with E-state index in [0.29, 0.717) is 18.9 Å². The summed E-state index contributed by atoms with van der Waals surface area (Å²) in [7, 11) is 1.81. The molecule has 1 aromatic carbocycles. The number of ether oxygens (including phenoxy) is 1. The average Bonchev–Trinajstić information content (AvgIpc) is 2.47. The Bertz CT molecular complexity index is 678. The lowest BCUT2D eigenvalue weighted by atomic mass is 10.2. The van der Waals surface area contributed by atoms with Crippen LogP contribution < -0.4 is 15.5 Å². The van der Waals surface area contributed by atoms with Gasteiger partial charge in [-0.15, -0.1) is 0 Å². The van der Waals surface area contributed by atoms with Crippen LogP contribution in [0, 0.1) is 0 Å². The summed E-state index contributed by atoms with van der Waals surface area (Å²) in [6.07, 6.45) is 1.64. The molecule has 1 heterocycles. The molecule has 2 aromatic rings. The van der Waals surface area contributed by atoms with Crippen LogP contribution in [0.2, 0.25) is 0 Å². The molecule has 1 aromatic heterocycles. The largest absolute Gasteiger partial charge is 0.483 e. The van der Waals surface area contributed by atoms with Crippen LogP contribution in [0.5, 0.6) is 5.75 Å². The maximum atomic E-state index is 12.0. The van der Waals surface area contributed by atoms with Crippen molar-refractivity contribution in [1.82, 2.24) is 9.88 Å². The number of nitrogens with one attached hydrogen (secondary N) is 1. The number of nitrogens with zero attached hydrogens (tertiary/aromatic N) is 1. The quantitative estimate of drug-likeness (QED) is 0.908. The molecule has 0 fully saturated rings. The second-order valence-corrected chi connectivity index (χ2v) is 4.79. The number of benzene rings is 1. The monoisotopic (exact) mass is 286 g/mol. The molecule has 0 aliphatic heterocycles. The van der Waals surface area contributed by atoms with Crippen molar-refractivity contribution in [2.24, 2.45) is 7.05 Å². The smallest absolute Gasteiger partial charge is 0.223 e. The summed E-state index contributed by atoms with van der Waals surface area (Å²) in [6, 6.07) is 11.1. The molecular weight excluding hydrogens is 268 g/mol. The van der Waals surface area contributed by atoms with E-state index in [1.165, 1.54) is 13.0 Å². The number of amides is 1. The van der Waals surface area contributed by atoms with E-state index in [-0.39, 0.29) is 11.3 Å². The summed E-state index contributed by atoms with van der Waals surface area (Å²) >= 11 is 0. The minimum Gasteiger partial charge on any atom is -0.483 e. The van der Waals surface area contributed by atoms with E-state index in [1.54, 1.807) is 10.8 Å². The highest BCUT2D eigenvalue weighted by Gasteiger charge is 2.06. The Morgan fingerprint density at radius 1 is 1.29 bits per heavy atom. The van der Waals surface area contributed by atoms with Crippen molar-refractivity contribution in [3.63, 3.8) is 0 Å². The van der Waals surface area contributed by atoms with Crippen LogP contribution in [-0.4, -0.2) is 10.5 Å². The van der Waals surface area contributed by atoms with Gasteiger partial charge in [-0.3, -0.25) is 9.59 Å². The summed E-state index contributed by atoms with van der Waals surface area (Å²) in [5.41, 5.74) is 1.54. The first-order chi connectivity index (χ1) is 10.1. The first kappa shape index (κ1) is 14.8. The van der Waals surface area contributed by atoms with Crippen LogP contribution >= 0.6 is 0 Å². The lowest BCUT2D eigenvalue weighted by molar-refractivity contribution is -0.119. The SMILES string of the molecule is CC(=O)NCc1cc(=O)c(OCc2ccccc2)cn1C. The molecule has 0 saturated heterocycles. The van der Waals surface area contributed by atoms with Gasteiger partial charge >= 0.3 is 0 Å². The van der Waals surface area contributed by atoms with E-state index in [2.05, 4.69) is 5.32 Å². The Morgan fingerprint density at radius 3 is 2.67 bits per heavy atom. The van der Waals surface area contributed by atoms with Gasteiger partial charge in [0.05, 0.1) is 12.7 Å². The van der Waals surface area contributed by atoms with Crippen LogP contribution in [0.25, 0.3) is 0 Å². The van der Waals surface area contributed by atoms with Crippen molar-refractivity contribution in [3.05, 3.63) is 64.1 Å². The minimum atomic E-state index is -0.190. The number of aryl methyl sites for hydroxylation is 1. The fourth-order valence-electron chi connectivity index (χ4n) is 1.88. The molecule has 0 spiro atoms. The summed E-state index contributed by atoms with van der Waals surface area (Å²) in [5.74, 6) is 0.166. The molecule has 5 nitrogen and oxygen atoms in total. The zero-order valence-corrected chi connectivity index (χ0v) is 12.1. The van der Waals surface area contributed by atoms with E-state index < -0.39 is 0 Å². The molecule has 0 aliphatic rings. The van der Waals surface area contributed by atoms with E-state index in [9.17, 15) is 9.59 Å². The third-order valence-corrected chi connectivity index (χ3v) is 3.06. The third kappa shape index (κ3) is 4.21. The molecule has 110 valence electrons. The number of hydrogen-bond donors (Lipinski definition) is 1. The van der Waals surface area contributed by atoms with Gasteiger partial charge in [0.15, 0.2) is 5.75 Å². The van der Waals surface area contributed by atoms with E-state index >= 15 is 0 Å². The third-order valence-electron chi connectivity index (χ3n) is 3.06. The zero-order valence-electron chi connectivity index (χ0n) is 12.1. The molecule has 1 N–H and O–H groups in total. The Hall–Kier alpha value is -2.56. The van der Waals surface area contributed by atoms with E-state index in [1.807, 2.05) is 37.4 Å².